The molecule has 2 fully saturated rings. The van der Waals surface area contributed by atoms with E-state index in [4.69, 9.17) is 4.74 Å². The van der Waals surface area contributed by atoms with Gasteiger partial charge in [0.2, 0.25) is 0 Å². The second-order valence-corrected chi connectivity index (χ2v) is 4.70. The van der Waals surface area contributed by atoms with Crippen LogP contribution in [-0.2, 0) is 4.74 Å². The zero-order chi connectivity index (χ0) is 11.2. The highest BCUT2D eigenvalue weighted by atomic mass is 16.5. The summed E-state index contributed by atoms with van der Waals surface area (Å²) in [6.45, 7) is 5.45. The lowest BCUT2D eigenvalue weighted by atomic mass is 10.5. The lowest BCUT2D eigenvalue weighted by Gasteiger charge is -2.10. The molecule has 4 nitrogen and oxygen atoms in total. The van der Waals surface area contributed by atoms with Gasteiger partial charge in [-0.05, 0) is 38.5 Å². The molecule has 92 valence electrons. The summed E-state index contributed by atoms with van der Waals surface area (Å²) >= 11 is 0. The van der Waals surface area contributed by atoms with E-state index in [1.54, 1.807) is 0 Å². The number of nitrogens with one attached hydrogen (secondary N) is 2. The number of nitrogens with zero attached hydrogens (tertiary/aromatic N) is 1. The standard InChI is InChI=1S/C12H23N3O/c1-2-13-12(15-11-5-6-11)14-7-8-16-9-10-3-4-10/h10-11H,2-9H2,1H3,(H2,13,14,15). The first-order chi connectivity index (χ1) is 7.88. The fourth-order valence-electron chi connectivity index (χ4n) is 1.50. The number of hydrogen-bond donors (Lipinski definition) is 2. The van der Waals surface area contributed by atoms with Crippen molar-refractivity contribution in [2.24, 2.45) is 10.9 Å². The van der Waals surface area contributed by atoms with E-state index < -0.39 is 0 Å². The minimum atomic E-state index is 0.658. The molecule has 0 aromatic carbocycles. The van der Waals surface area contributed by atoms with Crippen LogP contribution in [0.1, 0.15) is 32.6 Å². The summed E-state index contributed by atoms with van der Waals surface area (Å²) in [6, 6.07) is 0.658. The first-order valence-electron chi connectivity index (χ1n) is 6.51. The highest BCUT2D eigenvalue weighted by Crippen LogP contribution is 2.28. The molecular weight excluding hydrogens is 202 g/mol. The van der Waals surface area contributed by atoms with Crippen molar-refractivity contribution in [3.8, 4) is 0 Å². The summed E-state index contributed by atoms with van der Waals surface area (Å²) < 4.78 is 5.54. The van der Waals surface area contributed by atoms with Gasteiger partial charge in [-0.15, -0.1) is 0 Å². The molecule has 0 aromatic rings. The highest BCUT2D eigenvalue weighted by Gasteiger charge is 2.22. The molecule has 4 heteroatoms. The maximum absolute atomic E-state index is 5.54. The van der Waals surface area contributed by atoms with Crippen LogP contribution in [0.5, 0.6) is 0 Å². The summed E-state index contributed by atoms with van der Waals surface area (Å²) in [6.07, 6.45) is 5.27. The van der Waals surface area contributed by atoms with Gasteiger partial charge in [0.05, 0.1) is 13.2 Å². The number of hydrogen-bond acceptors (Lipinski definition) is 2. The number of rotatable bonds is 7. The minimum absolute atomic E-state index is 0.658. The third-order valence-electron chi connectivity index (χ3n) is 2.82. The van der Waals surface area contributed by atoms with Crippen LogP contribution in [0.15, 0.2) is 4.99 Å². The predicted molar refractivity (Wildman–Crippen MR) is 65.7 cm³/mol. The van der Waals surface area contributed by atoms with Gasteiger partial charge in [-0.1, -0.05) is 0 Å². The maximum atomic E-state index is 5.54. The van der Waals surface area contributed by atoms with Gasteiger partial charge in [0.1, 0.15) is 0 Å². The molecule has 0 aromatic heterocycles. The molecule has 0 saturated heterocycles. The quantitative estimate of drug-likeness (QED) is 0.388. The van der Waals surface area contributed by atoms with E-state index in [0.717, 1.165) is 38.2 Å². The zero-order valence-corrected chi connectivity index (χ0v) is 10.2. The van der Waals surface area contributed by atoms with Gasteiger partial charge in [0.15, 0.2) is 5.96 Å². The molecule has 0 amide bonds. The molecule has 2 aliphatic rings. The molecule has 0 radical (unpaired) electrons. The molecule has 2 aliphatic carbocycles. The summed E-state index contributed by atoms with van der Waals surface area (Å²) in [7, 11) is 0. The topological polar surface area (TPSA) is 45.7 Å². The molecule has 0 aliphatic heterocycles. The van der Waals surface area contributed by atoms with Crippen LogP contribution in [0.4, 0.5) is 0 Å². The maximum Gasteiger partial charge on any atom is 0.191 e. The molecule has 0 heterocycles. The van der Waals surface area contributed by atoms with Gasteiger partial charge in [-0.2, -0.15) is 0 Å². The van der Waals surface area contributed by atoms with Gasteiger partial charge < -0.3 is 15.4 Å². The van der Waals surface area contributed by atoms with Crippen LogP contribution in [0.2, 0.25) is 0 Å². The average molecular weight is 225 g/mol. The lowest BCUT2D eigenvalue weighted by Crippen LogP contribution is -2.38. The Morgan fingerprint density at radius 2 is 2.12 bits per heavy atom. The Morgan fingerprint density at radius 3 is 2.75 bits per heavy atom. The fraction of sp³-hybridized carbons (Fsp3) is 0.917. The Balaban J connectivity index is 1.56. The van der Waals surface area contributed by atoms with E-state index in [1.807, 2.05) is 0 Å². The van der Waals surface area contributed by atoms with Gasteiger partial charge in [0, 0.05) is 19.2 Å². The monoisotopic (exact) mass is 225 g/mol. The lowest BCUT2D eigenvalue weighted by molar-refractivity contribution is 0.131. The van der Waals surface area contributed by atoms with Crippen LogP contribution < -0.4 is 10.6 Å². The van der Waals surface area contributed by atoms with Crippen molar-refractivity contribution in [1.82, 2.24) is 10.6 Å². The van der Waals surface area contributed by atoms with Crippen molar-refractivity contribution in [1.29, 1.82) is 0 Å². The third kappa shape index (κ3) is 4.84. The van der Waals surface area contributed by atoms with Crippen molar-refractivity contribution in [2.75, 3.05) is 26.3 Å². The van der Waals surface area contributed by atoms with E-state index in [-0.39, 0.29) is 0 Å². The molecule has 2 N–H and O–H groups in total. The highest BCUT2D eigenvalue weighted by molar-refractivity contribution is 5.80. The minimum Gasteiger partial charge on any atom is -0.379 e. The van der Waals surface area contributed by atoms with Gasteiger partial charge in [-0.25, -0.2) is 0 Å². The normalized spacial score (nSPS) is 20.9. The molecule has 2 rings (SSSR count). The van der Waals surface area contributed by atoms with Crippen LogP contribution >= 0.6 is 0 Å². The smallest absolute Gasteiger partial charge is 0.191 e. The van der Waals surface area contributed by atoms with Crippen molar-refractivity contribution < 1.29 is 4.74 Å². The summed E-state index contributed by atoms with van der Waals surface area (Å²) in [5.41, 5.74) is 0. The second-order valence-electron chi connectivity index (χ2n) is 4.70. The zero-order valence-electron chi connectivity index (χ0n) is 10.2. The Bertz CT molecular complexity index is 234. The molecule has 0 bridgehead atoms. The molecule has 0 atom stereocenters. The number of ether oxygens (including phenoxy) is 1. The van der Waals surface area contributed by atoms with Crippen LogP contribution in [0, 0.1) is 5.92 Å². The Labute approximate surface area is 97.9 Å². The van der Waals surface area contributed by atoms with Crippen molar-refractivity contribution in [3.05, 3.63) is 0 Å². The molecule has 0 spiro atoms. The predicted octanol–water partition coefficient (Wildman–Crippen LogP) is 1.13. The molecular formula is C12H23N3O. The van der Waals surface area contributed by atoms with Crippen molar-refractivity contribution in [3.63, 3.8) is 0 Å². The number of guanidine groups is 1. The van der Waals surface area contributed by atoms with E-state index in [2.05, 4.69) is 22.5 Å². The van der Waals surface area contributed by atoms with Crippen LogP contribution in [0.3, 0.4) is 0 Å². The van der Waals surface area contributed by atoms with Gasteiger partial charge in [-0.3, -0.25) is 4.99 Å². The van der Waals surface area contributed by atoms with Crippen LogP contribution in [0.25, 0.3) is 0 Å². The number of aliphatic imine (C=N–C) groups is 1. The largest absolute Gasteiger partial charge is 0.379 e. The van der Waals surface area contributed by atoms with E-state index >= 15 is 0 Å². The van der Waals surface area contributed by atoms with Crippen molar-refractivity contribution >= 4 is 5.96 Å². The average Bonchev–Trinajstić information content (AvgIpc) is 3.12. The first kappa shape index (κ1) is 11.7. The SMILES string of the molecule is CCNC(=NCCOCC1CC1)NC1CC1. The summed E-state index contributed by atoms with van der Waals surface area (Å²) in [5.74, 6) is 1.79. The Morgan fingerprint density at radius 1 is 1.31 bits per heavy atom. The summed E-state index contributed by atoms with van der Waals surface area (Å²) in [5, 5.41) is 6.64. The molecule has 0 unspecified atom stereocenters. The molecule has 16 heavy (non-hydrogen) atoms. The van der Waals surface area contributed by atoms with E-state index in [1.165, 1.54) is 25.7 Å². The molecule has 2 saturated carbocycles. The first-order valence-corrected chi connectivity index (χ1v) is 6.51. The Hall–Kier alpha value is -0.770. The summed E-state index contributed by atoms with van der Waals surface area (Å²) in [4.78, 5) is 4.48. The third-order valence-corrected chi connectivity index (χ3v) is 2.82. The Kier molecular flexibility index (Phi) is 4.45. The van der Waals surface area contributed by atoms with Gasteiger partial charge in [0.25, 0.3) is 0 Å². The van der Waals surface area contributed by atoms with E-state index in [0.29, 0.717) is 6.04 Å². The van der Waals surface area contributed by atoms with E-state index in [9.17, 15) is 0 Å². The second kappa shape index (κ2) is 6.09. The fourth-order valence-corrected chi connectivity index (χ4v) is 1.50. The van der Waals surface area contributed by atoms with Crippen LogP contribution in [-0.4, -0.2) is 38.3 Å². The van der Waals surface area contributed by atoms with Gasteiger partial charge >= 0.3 is 0 Å². The van der Waals surface area contributed by atoms with Crippen molar-refractivity contribution in [2.45, 2.75) is 38.6 Å².